The van der Waals surface area contributed by atoms with Gasteiger partial charge in [-0.2, -0.15) is 0 Å². The van der Waals surface area contributed by atoms with E-state index < -0.39 is 0 Å². The molecule has 76 valence electrons. The Kier molecular flexibility index (Phi) is 2.47. The SMILES string of the molecule is NC(=S)Cn1cnc2ccccc2c1=O. The molecular weight excluding hydrogens is 210 g/mol. The molecule has 0 aliphatic heterocycles. The van der Waals surface area contributed by atoms with E-state index in [0.717, 1.165) is 0 Å². The Morgan fingerprint density at radius 1 is 1.47 bits per heavy atom. The Labute approximate surface area is 91.4 Å². The number of fused-ring (bicyclic) bond motifs is 1. The molecule has 0 amide bonds. The van der Waals surface area contributed by atoms with Gasteiger partial charge in [0.15, 0.2) is 0 Å². The highest BCUT2D eigenvalue weighted by Gasteiger charge is 2.03. The van der Waals surface area contributed by atoms with E-state index in [4.69, 9.17) is 18.0 Å². The molecule has 0 saturated carbocycles. The Balaban J connectivity index is 2.65. The first-order valence-electron chi connectivity index (χ1n) is 4.41. The minimum Gasteiger partial charge on any atom is -0.392 e. The summed E-state index contributed by atoms with van der Waals surface area (Å²) in [5.41, 5.74) is 5.95. The number of thiocarbonyl (C=S) groups is 1. The summed E-state index contributed by atoms with van der Waals surface area (Å²) < 4.78 is 1.41. The highest BCUT2D eigenvalue weighted by atomic mass is 32.1. The first-order chi connectivity index (χ1) is 7.18. The van der Waals surface area contributed by atoms with Crippen molar-refractivity contribution in [3.63, 3.8) is 0 Å². The maximum absolute atomic E-state index is 11.9. The fourth-order valence-corrected chi connectivity index (χ4v) is 1.53. The Morgan fingerprint density at radius 3 is 2.93 bits per heavy atom. The van der Waals surface area contributed by atoms with Crippen LogP contribution in [0, 0.1) is 0 Å². The minimum atomic E-state index is -0.117. The number of benzene rings is 1. The van der Waals surface area contributed by atoms with Gasteiger partial charge in [0.1, 0.15) is 0 Å². The average molecular weight is 219 g/mol. The van der Waals surface area contributed by atoms with Crippen LogP contribution >= 0.6 is 12.2 Å². The van der Waals surface area contributed by atoms with Crippen LogP contribution in [0.1, 0.15) is 0 Å². The largest absolute Gasteiger partial charge is 0.392 e. The fourth-order valence-electron chi connectivity index (χ4n) is 1.39. The summed E-state index contributed by atoms with van der Waals surface area (Å²) in [5.74, 6) is 0. The van der Waals surface area contributed by atoms with E-state index in [1.54, 1.807) is 18.2 Å². The predicted molar refractivity (Wildman–Crippen MR) is 62.8 cm³/mol. The van der Waals surface area contributed by atoms with Crippen molar-refractivity contribution in [1.29, 1.82) is 0 Å². The number of nitrogens with two attached hydrogens (primary N) is 1. The molecule has 0 aliphatic rings. The third-order valence-corrected chi connectivity index (χ3v) is 2.19. The van der Waals surface area contributed by atoms with Crippen molar-refractivity contribution in [2.45, 2.75) is 6.54 Å². The monoisotopic (exact) mass is 219 g/mol. The van der Waals surface area contributed by atoms with Gasteiger partial charge in [-0.25, -0.2) is 4.98 Å². The number of nitrogens with zero attached hydrogens (tertiary/aromatic N) is 2. The lowest BCUT2D eigenvalue weighted by atomic mass is 10.2. The molecule has 2 N–H and O–H groups in total. The summed E-state index contributed by atoms with van der Waals surface area (Å²) in [4.78, 5) is 16.3. The van der Waals surface area contributed by atoms with Gasteiger partial charge in [-0.1, -0.05) is 24.4 Å². The van der Waals surface area contributed by atoms with E-state index in [1.807, 2.05) is 6.07 Å². The van der Waals surface area contributed by atoms with Crippen molar-refractivity contribution >= 4 is 28.1 Å². The van der Waals surface area contributed by atoms with Gasteiger partial charge >= 0.3 is 0 Å². The van der Waals surface area contributed by atoms with Crippen LogP contribution in [0.25, 0.3) is 10.9 Å². The molecule has 0 unspecified atom stereocenters. The van der Waals surface area contributed by atoms with E-state index in [1.165, 1.54) is 10.9 Å². The standard InChI is InChI=1S/C10H9N3OS/c11-9(15)5-13-6-12-8-4-2-1-3-7(8)10(13)14/h1-4,6H,5H2,(H2,11,15). The molecule has 0 bridgehead atoms. The Morgan fingerprint density at radius 2 is 2.20 bits per heavy atom. The first-order valence-corrected chi connectivity index (χ1v) is 4.82. The lowest BCUT2D eigenvalue weighted by Crippen LogP contribution is -2.27. The molecule has 0 atom stereocenters. The van der Waals surface area contributed by atoms with Crippen molar-refractivity contribution in [3.05, 3.63) is 40.9 Å². The van der Waals surface area contributed by atoms with E-state index in [9.17, 15) is 4.79 Å². The first kappa shape index (κ1) is 9.79. The van der Waals surface area contributed by atoms with Crippen LogP contribution < -0.4 is 11.3 Å². The third kappa shape index (κ3) is 1.87. The lowest BCUT2D eigenvalue weighted by molar-refractivity contribution is 0.794. The average Bonchev–Trinajstić information content (AvgIpc) is 2.22. The molecule has 15 heavy (non-hydrogen) atoms. The topological polar surface area (TPSA) is 60.9 Å². The van der Waals surface area contributed by atoms with E-state index in [-0.39, 0.29) is 17.1 Å². The molecule has 2 rings (SSSR count). The Hall–Kier alpha value is -1.75. The van der Waals surface area contributed by atoms with Gasteiger partial charge in [0, 0.05) is 0 Å². The molecule has 5 heteroatoms. The summed E-state index contributed by atoms with van der Waals surface area (Å²) in [6.45, 7) is 0.228. The van der Waals surface area contributed by atoms with Gasteiger partial charge in [-0.15, -0.1) is 0 Å². The number of hydrogen-bond acceptors (Lipinski definition) is 3. The van der Waals surface area contributed by atoms with Gasteiger partial charge in [-0.3, -0.25) is 9.36 Å². The summed E-state index contributed by atoms with van der Waals surface area (Å²) in [6, 6.07) is 7.17. The second kappa shape index (κ2) is 3.78. The highest BCUT2D eigenvalue weighted by Crippen LogP contribution is 2.04. The van der Waals surface area contributed by atoms with Crippen molar-refractivity contribution < 1.29 is 0 Å². The molecule has 0 spiro atoms. The van der Waals surface area contributed by atoms with Crippen LogP contribution in [-0.2, 0) is 6.54 Å². The van der Waals surface area contributed by atoms with Crippen molar-refractivity contribution in [1.82, 2.24) is 9.55 Å². The van der Waals surface area contributed by atoms with Crippen LogP contribution in [0.2, 0.25) is 0 Å². The van der Waals surface area contributed by atoms with Crippen molar-refractivity contribution in [2.24, 2.45) is 5.73 Å². The zero-order valence-corrected chi connectivity index (χ0v) is 8.70. The third-order valence-electron chi connectivity index (χ3n) is 2.06. The zero-order chi connectivity index (χ0) is 10.8. The molecule has 0 radical (unpaired) electrons. The maximum atomic E-state index is 11.9. The summed E-state index contributed by atoms with van der Waals surface area (Å²) >= 11 is 4.75. The van der Waals surface area contributed by atoms with E-state index in [0.29, 0.717) is 10.9 Å². The summed E-state index contributed by atoms with van der Waals surface area (Å²) in [5, 5.41) is 0.580. The van der Waals surface area contributed by atoms with E-state index in [2.05, 4.69) is 4.98 Å². The van der Waals surface area contributed by atoms with Crippen molar-refractivity contribution in [2.75, 3.05) is 0 Å². The number of para-hydroxylation sites is 1. The number of hydrogen-bond donors (Lipinski definition) is 1. The van der Waals surface area contributed by atoms with Crippen LogP contribution in [0.15, 0.2) is 35.4 Å². The van der Waals surface area contributed by atoms with Gasteiger partial charge in [-0.05, 0) is 12.1 Å². The number of rotatable bonds is 2. The molecule has 1 heterocycles. The normalized spacial score (nSPS) is 10.4. The van der Waals surface area contributed by atoms with Crippen LogP contribution in [0.4, 0.5) is 0 Å². The second-order valence-corrected chi connectivity index (χ2v) is 3.69. The smallest absolute Gasteiger partial charge is 0.261 e. The van der Waals surface area contributed by atoms with Crippen LogP contribution in [-0.4, -0.2) is 14.5 Å². The molecular formula is C10H9N3OS. The van der Waals surface area contributed by atoms with Gasteiger partial charge in [0.05, 0.1) is 28.8 Å². The highest BCUT2D eigenvalue weighted by molar-refractivity contribution is 7.80. The molecule has 0 saturated heterocycles. The van der Waals surface area contributed by atoms with Crippen molar-refractivity contribution in [3.8, 4) is 0 Å². The fraction of sp³-hybridized carbons (Fsp3) is 0.100. The van der Waals surface area contributed by atoms with E-state index >= 15 is 0 Å². The Bertz CT molecular complexity index is 576. The van der Waals surface area contributed by atoms with Crippen LogP contribution in [0.5, 0.6) is 0 Å². The second-order valence-electron chi connectivity index (χ2n) is 3.16. The van der Waals surface area contributed by atoms with Crippen LogP contribution in [0.3, 0.4) is 0 Å². The molecule has 4 nitrogen and oxygen atoms in total. The number of aromatic nitrogens is 2. The molecule has 0 aliphatic carbocycles. The predicted octanol–water partition coefficient (Wildman–Crippen LogP) is 0.683. The summed E-state index contributed by atoms with van der Waals surface area (Å²) in [7, 11) is 0. The minimum absolute atomic E-state index is 0.117. The molecule has 0 fully saturated rings. The quantitative estimate of drug-likeness (QED) is 0.755. The molecule has 1 aromatic carbocycles. The lowest BCUT2D eigenvalue weighted by Gasteiger charge is -2.04. The maximum Gasteiger partial charge on any atom is 0.261 e. The van der Waals surface area contributed by atoms with Gasteiger partial charge in [0.25, 0.3) is 5.56 Å². The summed E-state index contributed by atoms with van der Waals surface area (Å²) in [6.07, 6.45) is 1.46. The molecule has 2 aromatic rings. The zero-order valence-electron chi connectivity index (χ0n) is 7.88. The molecule has 1 aromatic heterocycles. The van der Waals surface area contributed by atoms with Gasteiger partial charge in [0.2, 0.25) is 0 Å². The van der Waals surface area contributed by atoms with Gasteiger partial charge < -0.3 is 5.73 Å².